The highest BCUT2D eigenvalue weighted by atomic mass is 32.2. The average Bonchev–Trinajstić information content (AvgIpc) is 2.25. The first-order valence-corrected chi connectivity index (χ1v) is 5.07. The van der Waals surface area contributed by atoms with E-state index in [-0.39, 0.29) is 0 Å². The summed E-state index contributed by atoms with van der Waals surface area (Å²) in [4.78, 5) is 0. The van der Waals surface area contributed by atoms with Gasteiger partial charge in [0.2, 0.25) is 0 Å². The highest BCUT2D eigenvalue weighted by Crippen LogP contribution is 2.26. The minimum absolute atomic E-state index is 0.830. The minimum Gasteiger partial charge on any atom is -0.395 e. The molecule has 0 aliphatic heterocycles. The van der Waals surface area contributed by atoms with Crippen LogP contribution >= 0.6 is 11.8 Å². The molecule has 0 fully saturated rings. The molecule has 0 bridgehead atoms. The lowest BCUT2D eigenvalue weighted by Crippen LogP contribution is -1.94. The zero-order valence-electron chi connectivity index (χ0n) is 7.79. The second-order valence-electron chi connectivity index (χ2n) is 2.78. The van der Waals surface area contributed by atoms with Crippen molar-refractivity contribution in [3.05, 3.63) is 5.69 Å². The number of nitrogens with zero attached hydrogens (tertiary/aromatic N) is 2. The Hall–Kier alpha value is -0.640. The molecule has 3 nitrogen and oxygen atoms in total. The standard InChI is InChI=1S/C8H15N3S/c1-4-5-12-8-7(9)6(2)10-11(8)3/h4-5,9H2,1-3H3. The van der Waals surface area contributed by atoms with Crippen molar-refractivity contribution in [3.8, 4) is 0 Å². The molecule has 0 atom stereocenters. The third-order valence-corrected chi connectivity index (χ3v) is 3.03. The largest absolute Gasteiger partial charge is 0.395 e. The van der Waals surface area contributed by atoms with Gasteiger partial charge < -0.3 is 5.73 Å². The lowest BCUT2D eigenvalue weighted by atomic mass is 10.4. The molecule has 0 aliphatic rings. The fraction of sp³-hybridized carbons (Fsp3) is 0.625. The Bertz CT molecular complexity index is 268. The van der Waals surface area contributed by atoms with E-state index in [1.807, 2.05) is 18.7 Å². The van der Waals surface area contributed by atoms with Crippen LogP contribution in [0.25, 0.3) is 0 Å². The predicted octanol–water partition coefficient (Wildman–Crippen LogP) is 1.81. The molecular formula is C8H15N3S. The summed E-state index contributed by atoms with van der Waals surface area (Å²) in [5.74, 6) is 1.10. The van der Waals surface area contributed by atoms with Crippen LogP contribution < -0.4 is 5.73 Å². The maximum atomic E-state index is 5.84. The first kappa shape index (κ1) is 9.45. The maximum absolute atomic E-state index is 5.84. The fourth-order valence-corrected chi connectivity index (χ4v) is 1.95. The van der Waals surface area contributed by atoms with E-state index in [1.165, 1.54) is 0 Å². The molecule has 0 aromatic carbocycles. The van der Waals surface area contributed by atoms with E-state index in [9.17, 15) is 0 Å². The van der Waals surface area contributed by atoms with E-state index in [0.29, 0.717) is 0 Å². The topological polar surface area (TPSA) is 43.8 Å². The van der Waals surface area contributed by atoms with Crippen LogP contribution in [0.3, 0.4) is 0 Å². The molecule has 4 heteroatoms. The molecule has 1 aromatic heterocycles. The second-order valence-corrected chi connectivity index (χ2v) is 3.86. The third-order valence-electron chi connectivity index (χ3n) is 1.66. The summed E-state index contributed by atoms with van der Waals surface area (Å²) in [6, 6.07) is 0. The van der Waals surface area contributed by atoms with Crippen LogP contribution in [0, 0.1) is 6.92 Å². The Kier molecular flexibility index (Phi) is 3.03. The summed E-state index contributed by atoms with van der Waals surface area (Å²) in [5, 5.41) is 5.33. The lowest BCUT2D eigenvalue weighted by molar-refractivity contribution is 0.693. The van der Waals surface area contributed by atoms with Gasteiger partial charge in [-0.3, -0.25) is 4.68 Å². The van der Waals surface area contributed by atoms with Gasteiger partial charge in [-0.05, 0) is 19.1 Å². The van der Waals surface area contributed by atoms with Crippen LogP contribution in [0.4, 0.5) is 5.69 Å². The van der Waals surface area contributed by atoms with E-state index >= 15 is 0 Å². The van der Waals surface area contributed by atoms with Gasteiger partial charge in [0.15, 0.2) is 0 Å². The van der Waals surface area contributed by atoms with Crippen molar-refractivity contribution >= 4 is 17.4 Å². The molecule has 0 radical (unpaired) electrons. The Morgan fingerprint density at radius 2 is 2.25 bits per heavy atom. The summed E-state index contributed by atoms with van der Waals surface area (Å²) in [6.07, 6.45) is 1.16. The van der Waals surface area contributed by atoms with Crippen molar-refractivity contribution in [1.29, 1.82) is 0 Å². The number of aromatic nitrogens is 2. The zero-order chi connectivity index (χ0) is 9.14. The zero-order valence-corrected chi connectivity index (χ0v) is 8.61. The van der Waals surface area contributed by atoms with Crippen LogP contribution in [0.15, 0.2) is 5.03 Å². The van der Waals surface area contributed by atoms with E-state index in [0.717, 1.165) is 28.6 Å². The highest BCUT2D eigenvalue weighted by Gasteiger charge is 2.08. The van der Waals surface area contributed by atoms with Gasteiger partial charge >= 0.3 is 0 Å². The number of hydrogen-bond acceptors (Lipinski definition) is 3. The smallest absolute Gasteiger partial charge is 0.117 e. The summed E-state index contributed by atoms with van der Waals surface area (Å²) in [5.41, 5.74) is 7.60. The molecule has 1 rings (SSSR count). The highest BCUT2D eigenvalue weighted by molar-refractivity contribution is 7.99. The molecule has 0 unspecified atom stereocenters. The molecule has 12 heavy (non-hydrogen) atoms. The van der Waals surface area contributed by atoms with Crippen molar-refractivity contribution in [3.63, 3.8) is 0 Å². The molecule has 0 amide bonds. The van der Waals surface area contributed by atoms with Gasteiger partial charge in [-0.25, -0.2) is 0 Å². The molecule has 2 N–H and O–H groups in total. The first-order chi connectivity index (χ1) is 5.66. The van der Waals surface area contributed by atoms with Crippen molar-refractivity contribution in [2.45, 2.75) is 25.3 Å². The summed E-state index contributed by atoms with van der Waals surface area (Å²) in [6.45, 7) is 4.09. The molecule has 1 heterocycles. The Balaban J connectivity index is 2.82. The van der Waals surface area contributed by atoms with Gasteiger partial charge in [0.1, 0.15) is 5.03 Å². The van der Waals surface area contributed by atoms with Gasteiger partial charge in [0, 0.05) is 7.05 Å². The van der Waals surface area contributed by atoms with Crippen LogP contribution in [0.1, 0.15) is 19.0 Å². The normalized spacial score (nSPS) is 10.6. The SMILES string of the molecule is CCCSc1c(N)c(C)nn1C. The second kappa shape index (κ2) is 3.85. The predicted molar refractivity (Wildman–Crippen MR) is 53.4 cm³/mol. The molecule has 1 aromatic rings. The van der Waals surface area contributed by atoms with Crippen molar-refractivity contribution in [1.82, 2.24) is 9.78 Å². The monoisotopic (exact) mass is 185 g/mol. The third kappa shape index (κ3) is 1.75. The minimum atomic E-state index is 0.830. The number of nitrogens with two attached hydrogens (primary N) is 1. The molecule has 0 saturated heterocycles. The van der Waals surface area contributed by atoms with Gasteiger partial charge in [-0.15, -0.1) is 11.8 Å². The Morgan fingerprint density at radius 3 is 2.67 bits per heavy atom. The van der Waals surface area contributed by atoms with E-state index < -0.39 is 0 Å². The number of hydrogen-bond donors (Lipinski definition) is 1. The van der Waals surface area contributed by atoms with Crippen LogP contribution in [-0.2, 0) is 7.05 Å². The van der Waals surface area contributed by atoms with Crippen molar-refractivity contribution in [2.24, 2.45) is 7.05 Å². The van der Waals surface area contributed by atoms with E-state index in [1.54, 1.807) is 11.8 Å². The number of thioether (sulfide) groups is 1. The van der Waals surface area contributed by atoms with Crippen molar-refractivity contribution < 1.29 is 0 Å². The Morgan fingerprint density at radius 1 is 1.58 bits per heavy atom. The van der Waals surface area contributed by atoms with E-state index in [4.69, 9.17) is 5.73 Å². The average molecular weight is 185 g/mol. The molecule has 0 aliphatic carbocycles. The van der Waals surface area contributed by atoms with Crippen LogP contribution in [-0.4, -0.2) is 15.5 Å². The number of rotatable bonds is 3. The summed E-state index contributed by atoms with van der Waals surface area (Å²) in [7, 11) is 1.93. The van der Waals surface area contributed by atoms with E-state index in [2.05, 4.69) is 12.0 Å². The first-order valence-electron chi connectivity index (χ1n) is 4.08. The van der Waals surface area contributed by atoms with Crippen LogP contribution in [0.5, 0.6) is 0 Å². The number of aryl methyl sites for hydroxylation is 2. The molecule has 0 spiro atoms. The van der Waals surface area contributed by atoms with Gasteiger partial charge in [0.25, 0.3) is 0 Å². The summed E-state index contributed by atoms with van der Waals surface area (Å²) < 4.78 is 1.85. The fourth-order valence-electron chi connectivity index (χ4n) is 1.02. The van der Waals surface area contributed by atoms with Gasteiger partial charge in [-0.1, -0.05) is 6.92 Å². The lowest BCUT2D eigenvalue weighted by Gasteiger charge is -2.00. The maximum Gasteiger partial charge on any atom is 0.117 e. The van der Waals surface area contributed by atoms with Gasteiger partial charge in [0.05, 0.1) is 11.4 Å². The molecular weight excluding hydrogens is 170 g/mol. The number of anilines is 1. The summed E-state index contributed by atoms with van der Waals surface area (Å²) >= 11 is 1.77. The molecule has 68 valence electrons. The number of nitrogen functional groups attached to an aromatic ring is 1. The quantitative estimate of drug-likeness (QED) is 0.730. The molecule has 0 saturated carbocycles. The van der Waals surface area contributed by atoms with Crippen LogP contribution in [0.2, 0.25) is 0 Å². The van der Waals surface area contributed by atoms with Gasteiger partial charge in [-0.2, -0.15) is 5.10 Å². The Labute approximate surface area is 77.3 Å². The van der Waals surface area contributed by atoms with Crippen molar-refractivity contribution in [2.75, 3.05) is 11.5 Å².